The van der Waals surface area contributed by atoms with Crippen molar-refractivity contribution in [2.45, 2.75) is 13.5 Å². The summed E-state index contributed by atoms with van der Waals surface area (Å²) in [4.78, 5) is 26.1. The fourth-order valence-electron chi connectivity index (χ4n) is 3.39. The van der Waals surface area contributed by atoms with E-state index in [-0.39, 0.29) is 28.9 Å². The van der Waals surface area contributed by atoms with E-state index in [1.54, 1.807) is 49.5 Å². The third-order valence-electron chi connectivity index (χ3n) is 4.89. The molecule has 0 fully saturated rings. The smallest absolute Gasteiger partial charge is 0.262 e. The minimum Gasteiger partial charge on any atom is -0.495 e. The van der Waals surface area contributed by atoms with Gasteiger partial charge < -0.3 is 19.0 Å². The van der Waals surface area contributed by atoms with Gasteiger partial charge in [-0.05, 0) is 48.9 Å². The van der Waals surface area contributed by atoms with Crippen molar-refractivity contribution in [3.8, 4) is 5.75 Å². The number of furan rings is 1. The molecule has 0 aliphatic heterocycles. The maximum Gasteiger partial charge on any atom is 0.262 e. The van der Waals surface area contributed by atoms with Crippen molar-refractivity contribution in [3.63, 3.8) is 0 Å². The van der Waals surface area contributed by atoms with Crippen LogP contribution in [-0.4, -0.2) is 17.6 Å². The lowest BCUT2D eigenvalue weighted by Crippen LogP contribution is -2.22. The standard InChI is InChI=1S/C23H18ClFN2O4/c1-13-20(22(28)26-16-7-8-18(30-2)17(24)11-16)21-19(31-13)9-10-27(23(21)29)12-14-3-5-15(25)6-4-14/h3-11H,12H2,1-2H3,(H,26,28). The van der Waals surface area contributed by atoms with Gasteiger partial charge in [0.05, 0.1) is 29.6 Å². The van der Waals surface area contributed by atoms with Crippen LogP contribution in [0.4, 0.5) is 10.1 Å². The summed E-state index contributed by atoms with van der Waals surface area (Å²) < 4.78 is 25.4. The monoisotopic (exact) mass is 440 g/mol. The summed E-state index contributed by atoms with van der Waals surface area (Å²) in [5.74, 6) is -0.0410. The van der Waals surface area contributed by atoms with Crippen molar-refractivity contribution in [2.24, 2.45) is 0 Å². The van der Waals surface area contributed by atoms with Gasteiger partial charge in [0, 0.05) is 11.9 Å². The molecule has 0 spiro atoms. The number of pyridine rings is 1. The van der Waals surface area contributed by atoms with E-state index >= 15 is 0 Å². The van der Waals surface area contributed by atoms with Crippen LogP contribution >= 0.6 is 11.6 Å². The second-order valence-corrected chi connectivity index (χ2v) is 7.36. The van der Waals surface area contributed by atoms with E-state index in [1.165, 1.54) is 23.8 Å². The largest absolute Gasteiger partial charge is 0.495 e. The maximum atomic E-state index is 13.2. The Morgan fingerprint density at radius 1 is 1.19 bits per heavy atom. The summed E-state index contributed by atoms with van der Waals surface area (Å²) in [5, 5.41) is 3.27. The lowest BCUT2D eigenvalue weighted by Gasteiger charge is -2.09. The molecule has 0 bridgehead atoms. The van der Waals surface area contributed by atoms with Crippen LogP contribution in [0, 0.1) is 12.7 Å². The molecule has 2 aromatic heterocycles. The fraction of sp³-hybridized carbons (Fsp3) is 0.130. The average Bonchev–Trinajstić information content (AvgIpc) is 3.08. The lowest BCUT2D eigenvalue weighted by atomic mass is 10.1. The van der Waals surface area contributed by atoms with Gasteiger partial charge in [-0.3, -0.25) is 9.59 Å². The normalized spacial score (nSPS) is 11.0. The molecule has 0 atom stereocenters. The molecule has 0 saturated heterocycles. The summed E-state index contributed by atoms with van der Waals surface area (Å²) in [6.45, 7) is 1.86. The third kappa shape index (κ3) is 4.04. The van der Waals surface area contributed by atoms with Crippen LogP contribution in [0.3, 0.4) is 0 Å². The molecule has 4 rings (SSSR count). The zero-order valence-electron chi connectivity index (χ0n) is 16.7. The Balaban J connectivity index is 1.71. The number of halogens is 2. The lowest BCUT2D eigenvalue weighted by molar-refractivity contribution is 0.102. The van der Waals surface area contributed by atoms with Crippen molar-refractivity contribution < 1.29 is 18.3 Å². The number of nitrogens with zero attached hydrogens (tertiary/aromatic N) is 1. The number of aryl methyl sites for hydroxylation is 1. The van der Waals surface area contributed by atoms with Gasteiger partial charge in [0.1, 0.15) is 22.9 Å². The van der Waals surface area contributed by atoms with Crippen LogP contribution in [-0.2, 0) is 6.54 Å². The first kappa shape index (κ1) is 20.7. The highest BCUT2D eigenvalue weighted by molar-refractivity contribution is 6.32. The minimum atomic E-state index is -0.492. The number of amides is 1. The summed E-state index contributed by atoms with van der Waals surface area (Å²) in [7, 11) is 1.50. The summed E-state index contributed by atoms with van der Waals surface area (Å²) >= 11 is 6.13. The maximum absolute atomic E-state index is 13.2. The Bertz CT molecular complexity index is 1340. The highest BCUT2D eigenvalue weighted by Crippen LogP contribution is 2.29. The first-order valence-electron chi connectivity index (χ1n) is 9.39. The first-order chi connectivity index (χ1) is 14.9. The molecule has 0 saturated carbocycles. The number of anilines is 1. The second-order valence-electron chi connectivity index (χ2n) is 6.95. The number of carbonyl (C=O) groups is 1. The number of benzene rings is 2. The predicted molar refractivity (Wildman–Crippen MR) is 117 cm³/mol. The summed E-state index contributed by atoms with van der Waals surface area (Å²) in [5.41, 5.74) is 1.29. The fourth-order valence-corrected chi connectivity index (χ4v) is 3.64. The molecule has 8 heteroatoms. The van der Waals surface area contributed by atoms with Crippen molar-refractivity contribution in [1.82, 2.24) is 4.57 Å². The third-order valence-corrected chi connectivity index (χ3v) is 5.19. The van der Waals surface area contributed by atoms with Crippen LogP contribution < -0.4 is 15.6 Å². The number of aromatic nitrogens is 1. The van der Waals surface area contributed by atoms with E-state index in [1.807, 2.05) is 0 Å². The molecular weight excluding hydrogens is 423 g/mol. The number of ether oxygens (including phenoxy) is 1. The van der Waals surface area contributed by atoms with Crippen molar-refractivity contribution in [3.05, 3.63) is 92.8 Å². The van der Waals surface area contributed by atoms with E-state index in [4.69, 9.17) is 20.8 Å². The number of carbonyl (C=O) groups excluding carboxylic acids is 1. The van der Waals surface area contributed by atoms with Gasteiger partial charge >= 0.3 is 0 Å². The molecule has 4 aromatic rings. The summed E-state index contributed by atoms with van der Waals surface area (Å²) in [6, 6.07) is 12.3. The molecule has 1 amide bonds. The van der Waals surface area contributed by atoms with Crippen molar-refractivity contribution >= 4 is 34.2 Å². The van der Waals surface area contributed by atoms with Gasteiger partial charge in [-0.2, -0.15) is 0 Å². The van der Waals surface area contributed by atoms with Gasteiger partial charge in [0.2, 0.25) is 0 Å². The molecule has 158 valence electrons. The van der Waals surface area contributed by atoms with Crippen LogP contribution in [0.2, 0.25) is 5.02 Å². The molecule has 2 heterocycles. The van der Waals surface area contributed by atoms with Gasteiger partial charge in [0.15, 0.2) is 0 Å². The quantitative estimate of drug-likeness (QED) is 0.473. The SMILES string of the molecule is COc1ccc(NC(=O)c2c(C)oc3ccn(Cc4ccc(F)cc4)c(=O)c23)cc1Cl. The van der Waals surface area contributed by atoms with E-state index in [0.717, 1.165) is 5.56 Å². The molecule has 6 nitrogen and oxygen atoms in total. The Labute approximate surface area is 181 Å². The first-order valence-corrected chi connectivity index (χ1v) is 9.77. The molecule has 0 radical (unpaired) electrons. The predicted octanol–water partition coefficient (Wildman–Crippen LogP) is 5.00. The highest BCUT2D eigenvalue weighted by atomic mass is 35.5. The van der Waals surface area contributed by atoms with Gasteiger partial charge in [-0.25, -0.2) is 4.39 Å². The summed E-state index contributed by atoms with van der Waals surface area (Å²) in [6.07, 6.45) is 1.59. The Morgan fingerprint density at radius 3 is 2.61 bits per heavy atom. The van der Waals surface area contributed by atoms with Crippen LogP contribution in [0.25, 0.3) is 11.0 Å². The van der Waals surface area contributed by atoms with Gasteiger partial charge in [0.25, 0.3) is 11.5 Å². The topological polar surface area (TPSA) is 73.5 Å². The molecule has 0 aliphatic rings. The highest BCUT2D eigenvalue weighted by Gasteiger charge is 2.22. The number of hydrogen-bond donors (Lipinski definition) is 1. The van der Waals surface area contributed by atoms with E-state index < -0.39 is 5.91 Å². The van der Waals surface area contributed by atoms with Crippen LogP contribution in [0.15, 0.2) is 63.9 Å². The Kier molecular flexibility index (Phi) is 5.52. The Hall–Kier alpha value is -3.58. The number of rotatable bonds is 5. The molecule has 0 aliphatic carbocycles. The van der Waals surface area contributed by atoms with Crippen LogP contribution in [0.1, 0.15) is 21.7 Å². The molecular formula is C23H18ClFN2O4. The molecule has 0 unspecified atom stereocenters. The minimum absolute atomic E-state index is 0.153. The van der Waals surface area contributed by atoms with Crippen molar-refractivity contribution in [1.29, 1.82) is 0 Å². The van der Waals surface area contributed by atoms with Gasteiger partial charge in [-0.1, -0.05) is 23.7 Å². The molecule has 2 aromatic carbocycles. The van der Waals surface area contributed by atoms with Gasteiger partial charge in [-0.15, -0.1) is 0 Å². The van der Waals surface area contributed by atoms with Crippen molar-refractivity contribution in [2.75, 3.05) is 12.4 Å². The molecule has 1 N–H and O–H groups in total. The van der Waals surface area contributed by atoms with Crippen LogP contribution in [0.5, 0.6) is 5.75 Å². The molecule has 31 heavy (non-hydrogen) atoms. The zero-order chi connectivity index (χ0) is 22.1. The number of nitrogens with one attached hydrogen (secondary N) is 1. The number of fused-ring (bicyclic) bond motifs is 1. The second kappa shape index (κ2) is 8.28. The number of hydrogen-bond acceptors (Lipinski definition) is 4. The average molecular weight is 441 g/mol. The number of methoxy groups -OCH3 is 1. The Morgan fingerprint density at radius 2 is 1.94 bits per heavy atom. The zero-order valence-corrected chi connectivity index (χ0v) is 17.5. The van der Waals surface area contributed by atoms with E-state index in [2.05, 4.69) is 5.32 Å². The van der Waals surface area contributed by atoms with E-state index in [0.29, 0.717) is 27.8 Å². The van der Waals surface area contributed by atoms with E-state index in [9.17, 15) is 14.0 Å².